The molecule has 0 unspecified atom stereocenters. The molecule has 0 heterocycles. The van der Waals surface area contributed by atoms with E-state index in [2.05, 4.69) is 42.5 Å². The van der Waals surface area contributed by atoms with Crippen molar-refractivity contribution in [2.24, 2.45) is 0 Å². The average Bonchev–Trinajstić information content (AvgIpc) is 2.53. The van der Waals surface area contributed by atoms with E-state index in [1.54, 1.807) is 0 Å². The molecule has 0 aliphatic carbocycles. The van der Waals surface area contributed by atoms with Crippen LogP contribution in [0.2, 0.25) is 0 Å². The molecule has 0 atom stereocenters. The Hall–Kier alpha value is -1.08. The van der Waals surface area contributed by atoms with Crippen LogP contribution < -0.4 is 0 Å². The molecule has 0 saturated carbocycles. The fourth-order valence-electron chi connectivity index (χ4n) is 2.57. The van der Waals surface area contributed by atoms with Crippen LogP contribution in [0.3, 0.4) is 0 Å². The Kier molecular flexibility index (Phi) is 11.9. The molecule has 1 nitrogen and oxygen atoms in total. The van der Waals surface area contributed by atoms with Crippen LogP contribution in [0.1, 0.15) is 76.2 Å². The predicted octanol–water partition coefficient (Wildman–Crippen LogP) is 5.98. The summed E-state index contributed by atoms with van der Waals surface area (Å²) in [5, 5.41) is 8.69. The lowest BCUT2D eigenvalue weighted by molar-refractivity contribution is 0.282. The van der Waals surface area contributed by atoms with Crippen LogP contribution in [-0.4, -0.2) is 11.7 Å². The molecule has 0 spiro atoms. The van der Waals surface area contributed by atoms with Crippen LogP contribution in [-0.2, 0) is 0 Å². The number of rotatable bonds is 13. The topological polar surface area (TPSA) is 20.2 Å². The van der Waals surface area contributed by atoms with Crippen molar-refractivity contribution < 1.29 is 5.11 Å². The van der Waals surface area contributed by atoms with E-state index >= 15 is 0 Å². The highest BCUT2D eigenvalue weighted by atomic mass is 16.2. The Labute approximate surface area is 131 Å². The van der Waals surface area contributed by atoms with E-state index in [9.17, 15) is 0 Å². The minimum atomic E-state index is 0.360. The smallest absolute Gasteiger partial charge is 0.0431 e. The Morgan fingerprint density at radius 3 is 1.76 bits per heavy atom. The molecule has 1 N–H and O–H groups in total. The van der Waals surface area contributed by atoms with E-state index in [0.29, 0.717) is 6.61 Å². The Morgan fingerprint density at radius 2 is 1.19 bits per heavy atom. The highest BCUT2D eigenvalue weighted by molar-refractivity contribution is 5.48. The Bertz CT molecular complexity index is 342. The largest absolute Gasteiger partial charge is 0.396 e. The third kappa shape index (κ3) is 11.3. The average molecular weight is 288 g/mol. The van der Waals surface area contributed by atoms with E-state index in [4.69, 9.17) is 5.11 Å². The fraction of sp³-hybridized carbons (Fsp3) is 0.600. The minimum absolute atomic E-state index is 0.360. The van der Waals surface area contributed by atoms with Gasteiger partial charge in [0.15, 0.2) is 0 Å². The second-order valence-corrected chi connectivity index (χ2v) is 5.86. The summed E-state index contributed by atoms with van der Waals surface area (Å²) in [5.74, 6) is 0. The van der Waals surface area contributed by atoms with Crippen LogP contribution in [0.4, 0.5) is 0 Å². The van der Waals surface area contributed by atoms with Crippen molar-refractivity contribution in [3.05, 3.63) is 42.0 Å². The number of aliphatic hydroxyl groups excluding tert-OH is 1. The number of benzene rings is 1. The summed E-state index contributed by atoms with van der Waals surface area (Å²) >= 11 is 0. The van der Waals surface area contributed by atoms with Crippen molar-refractivity contribution in [2.75, 3.05) is 6.61 Å². The second kappa shape index (κ2) is 13.9. The van der Waals surface area contributed by atoms with Crippen LogP contribution >= 0.6 is 0 Å². The van der Waals surface area contributed by atoms with E-state index in [1.807, 2.05) is 0 Å². The normalized spacial score (nSPS) is 11.3. The van der Waals surface area contributed by atoms with Gasteiger partial charge in [-0.3, -0.25) is 0 Å². The van der Waals surface area contributed by atoms with Crippen LogP contribution in [0.5, 0.6) is 0 Å². The van der Waals surface area contributed by atoms with Crippen molar-refractivity contribution in [2.45, 2.75) is 70.6 Å². The lowest BCUT2D eigenvalue weighted by atomic mass is 10.1. The summed E-state index contributed by atoms with van der Waals surface area (Å²) in [6.07, 6.45) is 18.8. The van der Waals surface area contributed by atoms with Gasteiger partial charge < -0.3 is 5.11 Å². The second-order valence-electron chi connectivity index (χ2n) is 5.86. The van der Waals surface area contributed by atoms with Crippen molar-refractivity contribution in [3.63, 3.8) is 0 Å². The molecule has 0 fully saturated rings. The van der Waals surface area contributed by atoms with E-state index in [0.717, 1.165) is 6.42 Å². The molecule has 0 bridgehead atoms. The van der Waals surface area contributed by atoms with Crippen LogP contribution in [0.15, 0.2) is 36.4 Å². The van der Waals surface area contributed by atoms with Gasteiger partial charge >= 0.3 is 0 Å². The molecule has 0 aromatic heterocycles. The third-order valence-electron chi connectivity index (χ3n) is 3.89. The van der Waals surface area contributed by atoms with Gasteiger partial charge in [0.05, 0.1) is 0 Å². The summed E-state index contributed by atoms with van der Waals surface area (Å²) in [5.41, 5.74) is 1.30. The van der Waals surface area contributed by atoms with Crippen molar-refractivity contribution in [1.29, 1.82) is 0 Å². The van der Waals surface area contributed by atoms with Crippen molar-refractivity contribution >= 4 is 6.08 Å². The summed E-state index contributed by atoms with van der Waals surface area (Å²) in [7, 11) is 0. The SMILES string of the molecule is OCCCCCCCCCCCCC=Cc1ccccc1. The zero-order valence-corrected chi connectivity index (χ0v) is 13.5. The molecule has 0 radical (unpaired) electrons. The Balaban J connectivity index is 1.82. The zero-order valence-electron chi connectivity index (χ0n) is 13.5. The van der Waals surface area contributed by atoms with Gasteiger partial charge in [0, 0.05) is 6.61 Å². The monoisotopic (exact) mass is 288 g/mol. The molecule has 0 saturated heterocycles. The van der Waals surface area contributed by atoms with Gasteiger partial charge in [-0.1, -0.05) is 93.9 Å². The Morgan fingerprint density at radius 1 is 0.667 bits per heavy atom. The van der Waals surface area contributed by atoms with E-state index in [1.165, 1.54) is 69.8 Å². The van der Waals surface area contributed by atoms with Crippen LogP contribution in [0, 0.1) is 0 Å². The summed E-state index contributed by atoms with van der Waals surface area (Å²) in [4.78, 5) is 0. The molecule has 0 amide bonds. The number of unbranched alkanes of at least 4 members (excludes halogenated alkanes) is 10. The molecule has 0 aliphatic rings. The molecular formula is C20H32O. The first-order valence-corrected chi connectivity index (χ1v) is 8.76. The van der Waals surface area contributed by atoms with E-state index in [-0.39, 0.29) is 0 Å². The summed E-state index contributed by atoms with van der Waals surface area (Å²) in [6, 6.07) is 10.5. The highest BCUT2D eigenvalue weighted by Gasteiger charge is 1.92. The van der Waals surface area contributed by atoms with Crippen LogP contribution in [0.25, 0.3) is 6.08 Å². The maximum absolute atomic E-state index is 8.69. The van der Waals surface area contributed by atoms with Crippen molar-refractivity contribution in [3.8, 4) is 0 Å². The lowest BCUT2D eigenvalue weighted by Crippen LogP contribution is -1.84. The molecule has 1 aromatic carbocycles. The summed E-state index contributed by atoms with van der Waals surface area (Å²) in [6.45, 7) is 0.360. The van der Waals surface area contributed by atoms with Gasteiger partial charge in [0.1, 0.15) is 0 Å². The first kappa shape index (κ1) is 18.0. The molecule has 21 heavy (non-hydrogen) atoms. The minimum Gasteiger partial charge on any atom is -0.396 e. The molecule has 1 rings (SSSR count). The van der Waals surface area contributed by atoms with Gasteiger partial charge in [0.2, 0.25) is 0 Å². The lowest BCUT2D eigenvalue weighted by Gasteiger charge is -2.01. The maximum atomic E-state index is 8.69. The first-order chi connectivity index (χ1) is 10.4. The fourth-order valence-corrected chi connectivity index (χ4v) is 2.57. The number of allylic oxidation sites excluding steroid dienone is 1. The molecular weight excluding hydrogens is 256 g/mol. The number of hydrogen-bond donors (Lipinski definition) is 1. The van der Waals surface area contributed by atoms with Gasteiger partial charge in [0.25, 0.3) is 0 Å². The predicted molar refractivity (Wildman–Crippen MR) is 93.3 cm³/mol. The summed E-state index contributed by atoms with van der Waals surface area (Å²) < 4.78 is 0. The molecule has 0 aliphatic heterocycles. The standard InChI is InChI=1S/C20H32O/c21-19-15-10-8-6-4-2-1-3-5-7-9-12-16-20-17-13-11-14-18-20/h11-14,16-18,21H,1-10,15,19H2. The quantitative estimate of drug-likeness (QED) is 0.442. The van der Waals surface area contributed by atoms with Crippen molar-refractivity contribution in [1.82, 2.24) is 0 Å². The van der Waals surface area contributed by atoms with Gasteiger partial charge in [-0.25, -0.2) is 0 Å². The molecule has 1 aromatic rings. The zero-order chi connectivity index (χ0) is 15.0. The van der Waals surface area contributed by atoms with E-state index < -0.39 is 0 Å². The first-order valence-electron chi connectivity index (χ1n) is 8.76. The highest BCUT2D eigenvalue weighted by Crippen LogP contribution is 2.12. The maximum Gasteiger partial charge on any atom is 0.0431 e. The van der Waals surface area contributed by atoms with Gasteiger partial charge in [-0.05, 0) is 24.8 Å². The third-order valence-corrected chi connectivity index (χ3v) is 3.89. The molecule has 1 heteroatoms. The number of aliphatic hydroxyl groups is 1. The molecule has 118 valence electrons. The van der Waals surface area contributed by atoms with Gasteiger partial charge in [-0.2, -0.15) is 0 Å². The van der Waals surface area contributed by atoms with Gasteiger partial charge in [-0.15, -0.1) is 0 Å². The number of hydrogen-bond acceptors (Lipinski definition) is 1.